The van der Waals surface area contributed by atoms with Crippen LogP contribution >= 0.6 is 0 Å². The standard InChI is InChI=1S/C30H25N3O4/c1-17-13-14-26-23(15-17)27(29(35)33(26)25-12-4-7-18(2)19(25)3)32-31-24-11-6-10-22(28(24)34)20-8-5-9-21(16-20)30(36)37/h4-16,34-35H,1-3H3,(H,36,37). The maximum Gasteiger partial charge on any atom is 0.335 e. The van der Waals surface area contributed by atoms with Crippen molar-refractivity contribution in [2.45, 2.75) is 20.8 Å². The number of nitrogens with zero attached hydrogens (tertiary/aromatic N) is 3. The van der Waals surface area contributed by atoms with E-state index in [0.717, 1.165) is 33.3 Å². The van der Waals surface area contributed by atoms with Crippen LogP contribution in [-0.2, 0) is 0 Å². The monoisotopic (exact) mass is 491 g/mol. The maximum atomic E-state index is 11.4. The van der Waals surface area contributed by atoms with Crippen LogP contribution in [0.2, 0.25) is 0 Å². The van der Waals surface area contributed by atoms with E-state index in [1.165, 1.54) is 12.1 Å². The first-order chi connectivity index (χ1) is 17.8. The Bertz CT molecular complexity index is 1720. The number of carbonyl (C=O) groups is 1. The van der Waals surface area contributed by atoms with Crippen LogP contribution in [0.3, 0.4) is 0 Å². The number of carboxylic acids is 1. The molecule has 0 saturated heterocycles. The largest absolute Gasteiger partial charge is 0.505 e. The SMILES string of the molecule is Cc1ccc2c(c1)c(N=Nc1cccc(-c3cccc(C(=O)O)c3)c1O)c(O)n2-c1cccc(C)c1C. The number of aromatic carboxylic acids is 1. The second kappa shape index (κ2) is 9.28. The fraction of sp³-hybridized carbons (Fsp3) is 0.100. The van der Waals surface area contributed by atoms with Gasteiger partial charge in [-0.25, -0.2) is 4.79 Å². The van der Waals surface area contributed by atoms with Gasteiger partial charge in [-0.2, -0.15) is 0 Å². The van der Waals surface area contributed by atoms with Crippen molar-refractivity contribution >= 4 is 28.2 Å². The molecule has 1 heterocycles. The van der Waals surface area contributed by atoms with E-state index in [9.17, 15) is 20.1 Å². The fourth-order valence-corrected chi connectivity index (χ4v) is 4.46. The summed E-state index contributed by atoms with van der Waals surface area (Å²) in [6.07, 6.45) is 0. The van der Waals surface area contributed by atoms with Crippen LogP contribution in [0.25, 0.3) is 27.7 Å². The van der Waals surface area contributed by atoms with E-state index in [1.54, 1.807) is 34.9 Å². The molecule has 0 atom stereocenters. The zero-order chi connectivity index (χ0) is 26.3. The molecule has 7 nitrogen and oxygen atoms in total. The molecule has 1 aromatic heterocycles. The van der Waals surface area contributed by atoms with Crippen LogP contribution in [0.5, 0.6) is 11.6 Å². The van der Waals surface area contributed by atoms with Crippen molar-refractivity contribution < 1.29 is 20.1 Å². The summed E-state index contributed by atoms with van der Waals surface area (Å²) in [5, 5.41) is 41.0. The van der Waals surface area contributed by atoms with Gasteiger partial charge < -0.3 is 15.3 Å². The molecular formula is C30H25N3O4. The molecule has 7 heteroatoms. The fourth-order valence-electron chi connectivity index (χ4n) is 4.46. The molecule has 0 unspecified atom stereocenters. The van der Waals surface area contributed by atoms with Gasteiger partial charge in [0, 0.05) is 10.9 Å². The molecule has 37 heavy (non-hydrogen) atoms. The highest BCUT2D eigenvalue weighted by atomic mass is 16.4. The van der Waals surface area contributed by atoms with Crippen molar-refractivity contribution in [3.63, 3.8) is 0 Å². The number of aromatic hydroxyl groups is 2. The predicted octanol–water partition coefficient (Wildman–Crippen LogP) is 7.75. The minimum absolute atomic E-state index is 0.0529. The Morgan fingerprint density at radius 2 is 1.59 bits per heavy atom. The van der Waals surface area contributed by atoms with E-state index >= 15 is 0 Å². The topological polar surface area (TPSA) is 107 Å². The van der Waals surface area contributed by atoms with Gasteiger partial charge in [0.15, 0.2) is 11.4 Å². The third-order valence-corrected chi connectivity index (χ3v) is 6.58. The van der Waals surface area contributed by atoms with E-state index < -0.39 is 5.97 Å². The van der Waals surface area contributed by atoms with Gasteiger partial charge >= 0.3 is 5.97 Å². The second-order valence-corrected chi connectivity index (χ2v) is 9.01. The Kier molecular flexibility index (Phi) is 5.97. The quantitative estimate of drug-likeness (QED) is 0.218. The Morgan fingerprint density at radius 3 is 2.38 bits per heavy atom. The molecule has 5 rings (SSSR count). The number of hydrogen-bond acceptors (Lipinski definition) is 5. The van der Waals surface area contributed by atoms with Crippen LogP contribution in [0.4, 0.5) is 11.4 Å². The second-order valence-electron chi connectivity index (χ2n) is 9.01. The summed E-state index contributed by atoms with van der Waals surface area (Å²) in [5.41, 5.74) is 6.33. The third kappa shape index (κ3) is 4.21. The van der Waals surface area contributed by atoms with Crippen molar-refractivity contribution in [3.8, 4) is 28.4 Å². The van der Waals surface area contributed by atoms with Gasteiger partial charge in [0.25, 0.3) is 0 Å². The molecule has 0 aliphatic heterocycles. The maximum absolute atomic E-state index is 11.4. The lowest BCUT2D eigenvalue weighted by molar-refractivity contribution is 0.0697. The highest BCUT2D eigenvalue weighted by Crippen LogP contribution is 2.44. The van der Waals surface area contributed by atoms with Gasteiger partial charge in [-0.1, -0.05) is 48.0 Å². The normalized spacial score (nSPS) is 11.4. The van der Waals surface area contributed by atoms with Crippen LogP contribution in [0.1, 0.15) is 27.0 Å². The van der Waals surface area contributed by atoms with Crippen LogP contribution in [-0.4, -0.2) is 25.9 Å². The minimum atomic E-state index is -1.05. The lowest BCUT2D eigenvalue weighted by atomic mass is 10.0. The van der Waals surface area contributed by atoms with Crippen LogP contribution in [0, 0.1) is 20.8 Å². The highest BCUT2D eigenvalue weighted by molar-refractivity contribution is 5.97. The number of phenolic OH excluding ortho intramolecular Hbond substituents is 1. The number of fused-ring (bicyclic) bond motifs is 1. The van der Waals surface area contributed by atoms with E-state index in [1.807, 2.05) is 57.2 Å². The number of benzene rings is 4. The molecular weight excluding hydrogens is 466 g/mol. The van der Waals surface area contributed by atoms with Crippen molar-refractivity contribution in [1.29, 1.82) is 0 Å². The summed E-state index contributed by atoms with van der Waals surface area (Å²) >= 11 is 0. The lowest BCUT2D eigenvalue weighted by Gasteiger charge is -2.12. The number of para-hydroxylation sites is 1. The van der Waals surface area contributed by atoms with Gasteiger partial charge in [-0.3, -0.25) is 4.57 Å². The molecule has 0 saturated carbocycles. The van der Waals surface area contributed by atoms with Crippen molar-refractivity contribution in [2.75, 3.05) is 0 Å². The van der Waals surface area contributed by atoms with E-state index in [-0.39, 0.29) is 28.6 Å². The number of aryl methyl sites for hydroxylation is 2. The van der Waals surface area contributed by atoms with Crippen molar-refractivity contribution in [2.24, 2.45) is 10.2 Å². The molecule has 0 aliphatic rings. The minimum Gasteiger partial charge on any atom is -0.505 e. The van der Waals surface area contributed by atoms with Crippen LogP contribution in [0.15, 0.2) is 89.1 Å². The molecule has 0 aliphatic carbocycles. The smallest absolute Gasteiger partial charge is 0.335 e. The number of hydrogen-bond donors (Lipinski definition) is 3. The van der Waals surface area contributed by atoms with Crippen molar-refractivity contribution in [3.05, 3.63) is 101 Å². The summed E-state index contributed by atoms with van der Waals surface area (Å²) in [6.45, 7) is 6.00. The average molecular weight is 492 g/mol. The number of rotatable bonds is 5. The number of carboxylic acid groups (broad SMARTS) is 1. The average Bonchev–Trinajstić information content (AvgIpc) is 3.15. The van der Waals surface area contributed by atoms with Crippen molar-refractivity contribution in [1.82, 2.24) is 4.57 Å². The van der Waals surface area contributed by atoms with Gasteiger partial charge in [-0.15, -0.1) is 10.2 Å². The van der Waals surface area contributed by atoms with Gasteiger partial charge in [0.2, 0.25) is 5.88 Å². The molecule has 0 amide bonds. The first-order valence-electron chi connectivity index (χ1n) is 11.7. The number of azo groups is 1. The molecule has 4 aromatic carbocycles. The first kappa shape index (κ1) is 23.8. The Labute approximate surface area is 213 Å². The third-order valence-electron chi connectivity index (χ3n) is 6.58. The van der Waals surface area contributed by atoms with Gasteiger partial charge in [0.05, 0.1) is 16.8 Å². The van der Waals surface area contributed by atoms with Gasteiger partial charge in [0.1, 0.15) is 5.69 Å². The Balaban J connectivity index is 1.64. The summed E-state index contributed by atoms with van der Waals surface area (Å²) in [7, 11) is 0. The summed E-state index contributed by atoms with van der Waals surface area (Å²) in [4.78, 5) is 11.4. The lowest BCUT2D eigenvalue weighted by Crippen LogP contribution is -1.97. The highest BCUT2D eigenvalue weighted by Gasteiger charge is 2.20. The molecule has 0 radical (unpaired) electrons. The molecule has 0 fully saturated rings. The van der Waals surface area contributed by atoms with Gasteiger partial charge in [-0.05, 0) is 73.9 Å². The summed E-state index contributed by atoms with van der Waals surface area (Å²) in [5.74, 6) is -1.24. The number of phenols is 1. The first-order valence-corrected chi connectivity index (χ1v) is 11.7. The summed E-state index contributed by atoms with van der Waals surface area (Å²) < 4.78 is 1.76. The van der Waals surface area contributed by atoms with E-state index in [0.29, 0.717) is 11.1 Å². The predicted molar refractivity (Wildman–Crippen MR) is 144 cm³/mol. The molecule has 5 aromatic rings. The van der Waals surface area contributed by atoms with E-state index in [4.69, 9.17) is 0 Å². The molecule has 184 valence electrons. The van der Waals surface area contributed by atoms with Crippen LogP contribution < -0.4 is 0 Å². The molecule has 3 N–H and O–H groups in total. The Hall–Kier alpha value is -4.91. The molecule has 0 spiro atoms. The Morgan fingerprint density at radius 1 is 0.838 bits per heavy atom. The summed E-state index contributed by atoms with van der Waals surface area (Å²) in [6, 6.07) is 23.1. The molecule has 0 bridgehead atoms. The zero-order valence-electron chi connectivity index (χ0n) is 20.6. The van der Waals surface area contributed by atoms with E-state index in [2.05, 4.69) is 10.2 Å². The zero-order valence-corrected chi connectivity index (χ0v) is 20.6. The number of aromatic nitrogens is 1.